The van der Waals surface area contributed by atoms with Gasteiger partial charge in [0.05, 0.1) is 25.5 Å². The Balaban J connectivity index is 1.99. The molecule has 1 fully saturated rings. The van der Waals surface area contributed by atoms with Crippen molar-refractivity contribution in [2.75, 3.05) is 26.4 Å². The minimum absolute atomic E-state index is 0.214. The first-order chi connectivity index (χ1) is 9.52. The minimum Gasteiger partial charge on any atom is -0.388 e. The third-order valence-corrected chi connectivity index (χ3v) is 3.25. The molecule has 1 aromatic rings. The van der Waals surface area contributed by atoms with Crippen molar-refractivity contribution >= 4 is 0 Å². The predicted octanol–water partition coefficient (Wildman–Crippen LogP) is 0.542. The van der Waals surface area contributed by atoms with Crippen LogP contribution in [0, 0.1) is 0 Å². The monoisotopic (exact) mass is 285 g/mol. The largest absolute Gasteiger partial charge is 0.388 e. The molecular weight excluding hydrogens is 262 g/mol. The molecule has 0 saturated carbocycles. The lowest BCUT2D eigenvalue weighted by atomic mass is 10.2. The molecule has 1 aliphatic heterocycles. The van der Waals surface area contributed by atoms with Crippen molar-refractivity contribution in [3.05, 3.63) is 11.9 Å². The van der Waals surface area contributed by atoms with Gasteiger partial charge in [-0.3, -0.25) is 0 Å². The summed E-state index contributed by atoms with van der Waals surface area (Å²) < 4.78 is 18.1. The highest BCUT2D eigenvalue weighted by Gasteiger charge is 2.32. The second-order valence-electron chi connectivity index (χ2n) is 5.29. The van der Waals surface area contributed by atoms with Crippen LogP contribution in [0.1, 0.15) is 32.5 Å². The molecule has 1 N–H and O–H groups in total. The molecule has 0 radical (unpaired) electrons. The highest BCUT2D eigenvalue weighted by Crippen LogP contribution is 2.23. The average Bonchev–Trinajstić information content (AvgIpc) is 2.80. The lowest BCUT2D eigenvalue weighted by molar-refractivity contribution is -0.204. The number of aromatic nitrogens is 3. The van der Waals surface area contributed by atoms with Gasteiger partial charge in [0.2, 0.25) is 0 Å². The van der Waals surface area contributed by atoms with E-state index in [4.69, 9.17) is 14.2 Å². The molecule has 1 saturated heterocycles. The van der Waals surface area contributed by atoms with Gasteiger partial charge in [-0.25, -0.2) is 4.68 Å². The van der Waals surface area contributed by atoms with Crippen molar-refractivity contribution in [3.63, 3.8) is 0 Å². The van der Waals surface area contributed by atoms with E-state index in [-0.39, 0.29) is 12.6 Å². The normalized spacial score (nSPS) is 26.4. The van der Waals surface area contributed by atoms with Crippen LogP contribution in [0.15, 0.2) is 6.20 Å². The van der Waals surface area contributed by atoms with Gasteiger partial charge in [-0.1, -0.05) is 5.21 Å². The molecule has 2 atom stereocenters. The molecule has 7 nitrogen and oxygen atoms in total. The molecule has 0 bridgehead atoms. The van der Waals surface area contributed by atoms with E-state index in [0.29, 0.717) is 26.2 Å². The van der Waals surface area contributed by atoms with Gasteiger partial charge in [-0.2, -0.15) is 0 Å². The van der Waals surface area contributed by atoms with Gasteiger partial charge in [0.25, 0.3) is 0 Å². The molecule has 114 valence electrons. The van der Waals surface area contributed by atoms with Gasteiger partial charge in [-0.15, -0.1) is 5.10 Å². The number of aliphatic hydroxyl groups is 1. The quantitative estimate of drug-likeness (QED) is 0.796. The van der Waals surface area contributed by atoms with E-state index in [2.05, 4.69) is 10.3 Å². The van der Waals surface area contributed by atoms with E-state index in [0.717, 1.165) is 5.69 Å². The third-order valence-electron chi connectivity index (χ3n) is 3.25. The van der Waals surface area contributed by atoms with Gasteiger partial charge in [0.1, 0.15) is 12.1 Å². The van der Waals surface area contributed by atoms with E-state index in [1.54, 1.807) is 4.68 Å². The number of aliphatic hydroxyl groups excluding tert-OH is 1. The summed E-state index contributed by atoms with van der Waals surface area (Å²) in [6.45, 7) is 7.48. The zero-order chi connectivity index (χ0) is 14.6. The number of ether oxygens (including phenoxy) is 3. The van der Waals surface area contributed by atoms with Crippen molar-refractivity contribution in [2.45, 2.75) is 45.1 Å². The summed E-state index contributed by atoms with van der Waals surface area (Å²) in [5, 5.41) is 18.3. The lowest BCUT2D eigenvalue weighted by Gasteiger charge is -2.22. The Morgan fingerprint density at radius 1 is 1.45 bits per heavy atom. The maximum absolute atomic E-state index is 10.1. The van der Waals surface area contributed by atoms with E-state index in [9.17, 15) is 5.11 Å². The Kier molecular flexibility index (Phi) is 5.09. The Labute approximate surface area is 118 Å². The average molecular weight is 285 g/mol. The smallest absolute Gasteiger partial charge is 0.162 e. The van der Waals surface area contributed by atoms with Gasteiger partial charge in [0.15, 0.2) is 5.79 Å². The van der Waals surface area contributed by atoms with Crippen LogP contribution in [0.3, 0.4) is 0 Å². The van der Waals surface area contributed by atoms with Gasteiger partial charge in [-0.05, 0) is 20.8 Å². The van der Waals surface area contributed by atoms with Crippen LogP contribution in [-0.2, 0) is 20.6 Å². The van der Waals surface area contributed by atoms with Crippen LogP contribution < -0.4 is 0 Å². The van der Waals surface area contributed by atoms with Crippen LogP contribution in [0.4, 0.5) is 0 Å². The summed E-state index contributed by atoms with van der Waals surface area (Å²) >= 11 is 0. The fourth-order valence-corrected chi connectivity index (χ4v) is 2.00. The first-order valence-corrected chi connectivity index (χ1v) is 6.96. The standard InChI is InChI=1S/C13H23N3O4/c1-4-18-6-5-10-7-16(15-14-10)11-8-19-13(2,3)20-9-12(11)17/h7,11-12,17H,4-6,8-9H2,1-3H3/t11-,12-/m1/s1. The lowest BCUT2D eigenvalue weighted by Crippen LogP contribution is -2.29. The molecule has 2 heterocycles. The maximum Gasteiger partial charge on any atom is 0.162 e. The fourth-order valence-electron chi connectivity index (χ4n) is 2.00. The Morgan fingerprint density at radius 2 is 2.20 bits per heavy atom. The Bertz CT molecular complexity index is 422. The number of hydrogen-bond donors (Lipinski definition) is 1. The molecule has 0 aliphatic carbocycles. The number of rotatable bonds is 5. The second-order valence-corrected chi connectivity index (χ2v) is 5.29. The molecule has 20 heavy (non-hydrogen) atoms. The zero-order valence-electron chi connectivity index (χ0n) is 12.3. The third kappa shape index (κ3) is 3.99. The number of hydrogen-bond acceptors (Lipinski definition) is 6. The summed E-state index contributed by atoms with van der Waals surface area (Å²) in [4.78, 5) is 0. The van der Waals surface area contributed by atoms with Crippen LogP contribution in [0.5, 0.6) is 0 Å². The Hall–Kier alpha value is -1.02. The van der Waals surface area contributed by atoms with Gasteiger partial charge in [0, 0.05) is 19.2 Å². The van der Waals surface area contributed by atoms with Crippen molar-refractivity contribution in [1.82, 2.24) is 15.0 Å². The molecule has 0 spiro atoms. The first-order valence-electron chi connectivity index (χ1n) is 6.96. The molecular formula is C13H23N3O4. The van der Waals surface area contributed by atoms with Crippen molar-refractivity contribution in [1.29, 1.82) is 0 Å². The van der Waals surface area contributed by atoms with Crippen molar-refractivity contribution in [2.24, 2.45) is 0 Å². The molecule has 0 amide bonds. The van der Waals surface area contributed by atoms with Crippen LogP contribution in [0.2, 0.25) is 0 Å². The fraction of sp³-hybridized carbons (Fsp3) is 0.846. The molecule has 0 unspecified atom stereocenters. The summed E-state index contributed by atoms with van der Waals surface area (Å²) in [5.41, 5.74) is 0.843. The second kappa shape index (κ2) is 6.62. The van der Waals surface area contributed by atoms with E-state index in [1.165, 1.54) is 0 Å². The predicted molar refractivity (Wildman–Crippen MR) is 71.2 cm³/mol. The van der Waals surface area contributed by atoms with Gasteiger partial charge < -0.3 is 19.3 Å². The first kappa shape index (κ1) is 15.4. The number of nitrogens with zero attached hydrogens (tertiary/aromatic N) is 3. The van der Waals surface area contributed by atoms with E-state index < -0.39 is 11.9 Å². The van der Waals surface area contributed by atoms with Crippen LogP contribution in [0.25, 0.3) is 0 Å². The minimum atomic E-state index is -0.686. The van der Waals surface area contributed by atoms with Gasteiger partial charge >= 0.3 is 0 Å². The summed E-state index contributed by atoms with van der Waals surface area (Å²) in [6.07, 6.45) is 1.87. The molecule has 2 rings (SSSR count). The summed E-state index contributed by atoms with van der Waals surface area (Å²) in [7, 11) is 0. The van der Waals surface area contributed by atoms with Crippen LogP contribution in [-0.4, -0.2) is 58.4 Å². The topological polar surface area (TPSA) is 78.6 Å². The highest BCUT2D eigenvalue weighted by molar-refractivity contribution is 4.95. The Morgan fingerprint density at radius 3 is 2.95 bits per heavy atom. The molecule has 1 aromatic heterocycles. The SMILES string of the molecule is CCOCCc1cn([C@@H]2COC(C)(C)OC[C@H]2O)nn1. The molecule has 1 aliphatic rings. The van der Waals surface area contributed by atoms with Crippen LogP contribution >= 0.6 is 0 Å². The molecule has 7 heteroatoms. The maximum atomic E-state index is 10.1. The zero-order valence-corrected chi connectivity index (χ0v) is 12.3. The van der Waals surface area contributed by atoms with E-state index in [1.807, 2.05) is 27.0 Å². The highest BCUT2D eigenvalue weighted by atomic mass is 16.7. The summed E-state index contributed by atoms with van der Waals surface area (Å²) in [6, 6.07) is -0.287. The van der Waals surface area contributed by atoms with E-state index >= 15 is 0 Å². The van der Waals surface area contributed by atoms with Crippen molar-refractivity contribution < 1.29 is 19.3 Å². The molecule has 0 aromatic carbocycles. The van der Waals surface area contributed by atoms with Crippen molar-refractivity contribution in [3.8, 4) is 0 Å². The summed E-state index contributed by atoms with van der Waals surface area (Å²) in [5.74, 6) is -0.686.